The second kappa shape index (κ2) is 11.7. The number of sulfonamides is 2. The molecule has 0 aliphatic rings. The van der Waals surface area contributed by atoms with Crippen molar-refractivity contribution in [1.29, 1.82) is 0 Å². The van der Waals surface area contributed by atoms with Crippen molar-refractivity contribution in [3.05, 3.63) is 59.2 Å². The minimum atomic E-state index is -4.15. The van der Waals surface area contributed by atoms with Gasteiger partial charge in [0.05, 0.1) is 25.7 Å². The van der Waals surface area contributed by atoms with E-state index in [9.17, 15) is 21.6 Å². The third-order valence-corrected chi connectivity index (χ3v) is 8.74. The molecule has 36 heavy (non-hydrogen) atoms. The van der Waals surface area contributed by atoms with E-state index in [1.54, 1.807) is 13.0 Å². The first-order valence-electron chi connectivity index (χ1n) is 11.3. The van der Waals surface area contributed by atoms with E-state index in [1.807, 2.05) is 38.1 Å². The molecule has 0 aliphatic carbocycles. The Hall–Kier alpha value is -2.47. The molecule has 1 atom stereocenters. The molecular formula is C25H36N2O7S2. The maximum Gasteiger partial charge on any atom is 0.245 e. The highest BCUT2D eigenvalue weighted by Gasteiger charge is 2.31. The fraction of sp³-hybridized carbons (Fsp3) is 0.480. The largest absolute Gasteiger partial charge is 0.495 e. The lowest BCUT2D eigenvalue weighted by atomic mass is 9.93. The van der Waals surface area contributed by atoms with Gasteiger partial charge >= 0.3 is 0 Å². The van der Waals surface area contributed by atoms with E-state index in [4.69, 9.17) is 9.47 Å². The first kappa shape index (κ1) is 29.8. The maximum atomic E-state index is 12.3. The van der Waals surface area contributed by atoms with Crippen LogP contribution in [-0.4, -0.2) is 61.4 Å². The van der Waals surface area contributed by atoms with E-state index in [-0.39, 0.29) is 22.8 Å². The van der Waals surface area contributed by atoms with Gasteiger partial charge in [-0.1, -0.05) is 30.3 Å². The molecular weight excluding hydrogens is 504 g/mol. The van der Waals surface area contributed by atoms with Gasteiger partial charge < -0.3 is 14.8 Å². The van der Waals surface area contributed by atoms with Gasteiger partial charge in [-0.05, 0) is 56.0 Å². The Morgan fingerprint density at radius 3 is 2.14 bits per heavy atom. The molecule has 1 N–H and O–H groups in total. The number of benzene rings is 2. The van der Waals surface area contributed by atoms with Crippen LogP contribution in [0.4, 0.5) is 5.69 Å². The summed E-state index contributed by atoms with van der Waals surface area (Å²) in [5.74, 6) is 0.208. The Balaban J connectivity index is 2.29. The maximum absolute atomic E-state index is 12.3. The van der Waals surface area contributed by atoms with Crippen molar-refractivity contribution in [2.24, 2.45) is 0 Å². The molecule has 0 radical (unpaired) electrons. The standard InChI is InChI=1S/C25H36N2O7S2/c1-18(28)13-19-9-8-10-20(14-19)16-25(2,3)26-17-24(34-5)21-11-12-23(33-4)22(15-21)27(35(6,29)30)36(7,31)32/h8-12,14-15,24,26H,13,16-17H2,1-7H3. The van der Waals surface area contributed by atoms with Crippen LogP contribution in [0.5, 0.6) is 5.75 Å². The number of hydrogen-bond acceptors (Lipinski definition) is 8. The van der Waals surface area contributed by atoms with Gasteiger partial charge in [0.25, 0.3) is 0 Å². The zero-order chi connectivity index (χ0) is 27.3. The second-order valence-electron chi connectivity index (χ2n) is 9.52. The molecule has 0 saturated carbocycles. The minimum Gasteiger partial charge on any atom is -0.495 e. The van der Waals surface area contributed by atoms with Crippen LogP contribution in [0.15, 0.2) is 42.5 Å². The third kappa shape index (κ3) is 8.29. The summed E-state index contributed by atoms with van der Waals surface area (Å²) in [6.45, 7) is 6.04. The summed E-state index contributed by atoms with van der Waals surface area (Å²) in [7, 11) is -5.44. The molecule has 0 aliphatic heterocycles. The minimum absolute atomic E-state index is 0.100. The highest BCUT2D eigenvalue weighted by Crippen LogP contribution is 2.35. The topological polar surface area (TPSA) is 119 Å². The Morgan fingerprint density at radius 2 is 1.61 bits per heavy atom. The van der Waals surface area contributed by atoms with Crippen molar-refractivity contribution in [2.75, 3.05) is 37.0 Å². The third-order valence-electron chi connectivity index (χ3n) is 5.51. The number of carbonyl (C=O) groups is 1. The van der Waals surface area contributed by atoms with Crippen molar-refractivity contribution >= 4 is 31.5 Å². The van der Waals surface area contributed by atoms with Crippen molar-refractivity contribution in [3.8, 4) is 5.75 Å². The fourth-order valence-corrected chi connectivity index (χ4v) is 7.04. The number of anilines is 1. The normalized spacial score (nSPS) is 13.3. The predicted molar refractivity (Wildman–Crippen MR) is 142 cm³/mol. The van der Waals surface area contributed by atoms with Crippen LogP contribution in [0, 0.1) is 0 Å². The fourth-order valence-electron chi connectivity index (χ4n) is 4.07. The van der Waals surface area contributed by atoms with Crippen LogP contribution in [0.25, 0.3) is 0 Å². The number of carbonyl (C=O) groups excluding carboxylic acids is 1. The van der Waals surface area contributed by atoms with E-state index >= 15 is 0 Å². The van der Waals surface area contributed by atoms with E-state index in [0.717, 1.165) is 23.6 Å². The van der Waals surface area contributed by atoms with E-state index < -0.39 is 26.2 Å². The molecule has 2 aromatic rings. The highest BCUT2D eigenvalue weighted by molar-refractivity contribution is 8.09. The number of methoxy groups -OCH3 is 2. The number of ether oxygens (including phenoxy) is 2. The van der Waals surface area contributed by atoms with Gasteiger partial charge in [-0.15, -0.1) is 0 Å². The van der Waals surface area contributed by atoms with Crippen LogP contribution < -0.4 is 13.8 Å². The molecule has 2 rings (SSSR count). The lowest BCUT2D eigenvalue weighted by Crippen LogP contribution is -2.43. The number of nitrogens with zero attached hydrogens (tertiary/aromatic N) is 1. The van der Waals surface area contributed by atoms with E-state index in [1.165, 1.54) is 26.4 Å². The van der Waals surface area contributed by atoms with Crippen molar-refractivity contribution in [2.45, 2.75) is 45.3 Å². The summed E-state index contributed by atoms with van der Waals surface area (Å²) in [5.41, 5.74) is 2.19. The van der Waals surface area contributed by atoms with Crippen molar-refractivity contribution in [3.63, 3.8) is 0 Å². The van der Waals surface area contributed by atoms with Crippen LogP contribution in [0.3, 0.4) is 0 Å². The number of rotatable bonds is 13. The Morgan fingerprint density at radius 1 is 1.00 bits per heavy atom. The summed E-state index contributed by atoms with van der Waals surface area (Å²) in [4.78, 5) is 11.5. The number of hydrogen-bond donors (Lipinski definition) is 1. The van der Waals surface area contributed by atoms with Crippen LogP contribution in [0.1, 0.15) is 43.6 Å². The van der Waals surface area contributed by atoms with Gasteiger partial charge in [-0.3, -0.25) is 4.79 Å². The molecule has 0 amide bonds. The van der Waals surface area contributed by atoms with Crippen molar-refractivity contribution in [1.82, 2.24) is 5.32 Å². The van der Waals surface area contributed by atoms with Crippen LogP contribution in [-0.2, 0) is 42.4 Å². The number of Topliss-reactive ketones (excluding diaryl/α,β-unsaturated/α-hetero) is 1. The Bertz CT molecular complexity index is 1260. The summed E-state index contributed by atoms with van der Waals surface area (Å²) in [6, 6.07) is 12.6. The van der Waals surface area contributed by atoms with E-state index in [2.05, 4.69) is 5.32 Å². The highest BCUT2D eigenvalue weighted by atomic mass is 32.3. The quantitative estimate of drug-likeness (QED) is 0.412. The summed E-state index contributed by atoms with van der Waals surface area (Å²) in [5, 5.41) is 3.48. The zero-order valence-corrected chi connectivity index (χ0v) is 23.5. The first-order valence-corrected chi connectivity index (χ1v) is 15.0. The first-order chi connectivity index (χ1) is 16.6. The SMILES string of the molecule is COc1ccc(C(CNC(C)(C)Cc2cccc(CC(C)=O)c2)OC)cc1N(S(C)(=O)=O)S(C)(=O)=O. The summed E-state index contributed by atoms with van der Waals surface area (Å²) in [6.07, 6.45) is 2.23. The zero-order valence-electron chi connectivity index (χ0n) is 21.9. The average Bonchev–Trinajstić information content (AvgIpc) is 2.71. The van der Waals surface area contributed by atoms with Gasteiger partial charge in [0.1, 0.15) is 17.2 Å². The average molecular weight is 541 g/mol. The van der Waals surface area contributed by atoms with Crippen LogP contribution in [0.2, 0.25) is 0 Å². The molecule has 0 spiro atoms. The lowest BCUT2D eigenvalue weighted by Gasteiger charge is -2.30. The molecule has 200 valence electrons. The van der Waals surface area contributed by atoms with Gasteiger partial charge in [0.2, 0.25) is 20.0 Å². The second-order valence-corrected chi connectivity index (χ2v) is 13.4. The molecule has 0 aromatic heterocycles. The number of nitrogens with one attached hydrogen (secondary N) is 1. The monoisotopic (exact) mass is 540 g/mol. The Labute approximate surface area is 214 Å². The lowest BCUT2D eigenvalue weighted by molar-refractivity contribution is -0.116. The predicted octanol–water partition coefficient (Wildman–Crippen LogP) is 2.85. The Kier molecular flexibility index (Phi) is 9.69. The van der Waals surface area contributed by atoms with Gasteiger partial charge in [-0.2, -0.15) is 3.71 Å². The molecule has 2 aromatic carbocycles. The molecule has 9 nitrogen and oxygen atoms in total. The molecule has 0 fully saturated rings. The molecule has 1 unspecified atom stereocenters. The molecule has 0 saturated heterocycles. The molecule has 0 heterocycles. The smallest absolute Gasteiger partial charge is 0.245 e. The summed E-state index contributed by atoms with van der Waals surface area (Å²) >= 11 is 0. The van der Waals surface area contributed by atoms with Gasteiger partial charge in [-0.25, -0.2) is 16.8 Å². The van der Waals surface area contributed by atoms with Gasteiger partial charge in [0, 0.05) is 25.6 Å². The van der Waals surface area contributed by atoms with E-state index in [0.29, 0.717) is 28.7 Å². The molecule has 0 bridgehead atoms. The van der Waals surface area contributed by atoms with Crippen molar-refractivity contribution < 1.29 is 31.1 Å². The summed E-state index contributed by atoms with van der Waals surface area (Å²) < 4.78 is 60.6. The van der Waals surface area contributed by atoms with Crippen LogP contribution >= 0.6 is 0 Å². The van der Waals surface area contributed by atoms with Gasteiger partial charge in [0.15, 0.2) is 0 Å². The molecule has 11 heteroatoms. The number of ketones is 1.